The first-order valence-electron chi connectivity index (χ1n) is 11.2. The van der Waals surface area contributed by atoms with Gasteiger partial charge in [-0.25, -0.2) is 9.78 Å². The molecule has 0 aliphatic carbocycles. The topological polar surface area (TPSA) is 111 Å². The molecule has 4 heterocycles. The van der Waals surface area contributed by atoms with Gasteiger partial charge in [-0.3, -0.25) is 4.98 Å². The number of aromatic nitrogens is 4. The minimum atomic E-state index is -0.271. The van der Waals surface area contributed by atoms with E-state index in [0.29, 0.717) is 31.1 Å². The van der Waals surface area contributed by atoms with Crippen LogP contribution >= 0.6 is 15.9 Å². The zero-order valence-electron chi connectivity index (χ0n) is 19.1. The molecule has 0 unspecified atom stereocenters. The predicted octanol–water partition coefficient (Wildman–Crippen LogP) is 3.92. The number of nitrogens with one attached hydrogen (secondary N) is 1. The second kappa shape index (κ2) is 9.19. The molecule has 1 aliphatic rings. The lowest BCUT2D eigenvalue weighted by Crippen LogP contribution is -2.44. The number of piperidine rings is 1. The zero-order valence-corrected chi connectivity index (χ0v) is 20.7. The summed E-state index contributed by atoms with van der Waals surface area (Å²) in [5, 5.41) is 9.11. The summed E-state index contributed by atoms with van der Waals surface area (Å²) in [6.45, 7) is 3.95. The number of pyridine rings is 1. The quantitative estimate of drug-likeness (QED) is 0.417. The molecule has 10 heteroatoms. The van der Waals surface area contributed by atoms with Crippen molar-refractivity contribution in [2.75, 3.05) is 25.9 Å². The Morgan fingerprint density at radius 3 is 2.82 bits per heavy atom. The van der Waals surface area contributed by atoms with Crippen molar-refractivity contribution >= 4 is 44.4 Å². The maximum absolute atomic E-state index is 11.7. The highest BCUT2D eigenvalue weighted by Crippen LogP contribution is 2.31. The van der Waals surface area contributed by atoms with Crippen LogP contribution in [-0.4, -0.2) is 56.8 Å². The summed E-state index contributed by atoms with van der Waals surface area (Å²) >= 11 is 3.60. The smallest absolute Gasteiger partial charge is 0.409 e. The molecule has 0 radical (unpaired) electrons. The Morgan fingerprint density at radius 2 is 2.06 bits per heavy atom. The zero-order chi connectivity index (χ0) is 23.8. The number of carbonyl (C=O) groups excluding carboxylic acids is 1. The number of nitrogens with two attached hydrogens (primary N) is 1. The summed E-state index contributed by atoms with van der Waals surface area (Å²) in [4.78, 5) is 23.0. The Labute approximate surface area is 205 Å². The maximum Gasteiger partial charge on any atom is 0.409 e. The van der Waals surface area contributed by atoms with Gasteiger partial charge in [0.15, 0.2) is 5.65 Å². The SMILES string of the molecule is COC(=O)N1CCC(NCc2nc3c(-c4cnc5ccc(C)cc5c4)cnn3c(N)c2Br)CC1. The number of benzene rings is 1. The van der Waals surface area contributed by atoms with Crippen LogP contribution in [0, 0.1) is 6.92 Å². The second-order valence-corrected chi connectivity index (χ2v) is 9.38. The largest absolute Gasteiger partial charge is 0.453 e. The molecule has 1 saturated heterocycles. The van der Waals surface area contributed by atoms with Crippen LogP contribution in [0.3, 0.4) is 0 Å². The molecular formula is C24H26BrN7O2. The number of hydrogen-bond donors (Lipinski definition) is 2. The molecule has 34 heavy (non-hydrogen) atoms. The minimum absolute atomic E-state index is 0.271. The Hall–Kier alpha value is -3.24. The third-order valence-corrected chi connectivity index (χ3v) is 7.19. The van der Waals surface area contributed by atoms with Crippen molar-refractivity contribution in [2.24, 2.45) is 0 Å². The first-order valence-corrected chi connectivity index (χ1v) is 12.0. The summed E-state index contributed by atoms with van der Waals surface area (Å²) in [6.07, 6.45) is 5.06. The molecule has 1 fully saturated rings. The van der Waals surface area contributed by atoms with Crippen LogP contribution < -0.4 is 11.1 Å². The fourth-order valence-corrected chi connectivity index (χ4v) is 4.80. The highest BCUT2D eigenvalue weighted by atomic mass is 79.9. The van der Waals surface area contributed by atoms with E-state index in [1.807, 2.05) is 12.3 Å². The number of hydrogen-bond acceptors (Lipinski definition) is 7. The number of methoxy groups -OCH3 is 1. The monoisotopic (exact) mass is 523 g/mol. The van der Waals surface area contributed by atoms with Gasteiger partial charge < -0.3 is 20.7 Å². The van der Waals surface area contributed by atoms with E-state index in [4.69, 9.17) is 15.5 Å². The van der Waals surface area contributed by atoms with Gasteiger partial charge in [0.1, 0.15) is 5.82 Å². The summed E-state index contributed by atoms with van der Waals surface area (Å²) in [5.41, 5.74) is 11.9. The number of nitrogens with zero attached hydrogens (tertiary/aromatic N) is 5. The standard InChI is InChI=1S/C24H26BrN7O2/c1-14-3-4-19-15(9-14)10-16(11-28-19)18-12-29-32-22(26)21(25)20(30-23(18)32)13-27-17-5-7-31(8-6-17)24(33)34-2/h3-4,9-12,17,27H,5-8,13,26H2,1-2H3. The third kappa shape index (κ3) is 4.19. The number of ether oxygens (including phenoxy) is 1. The minimum Gasteiger partial charge on any atom is -0.453 e. The number of rotatable bonds is 4. The normalized spacial score (nSPS) is 14.7. The van der Waals surface area contributed by atoms with Crippen molar-refractivity contribution in [3.63, 3.8) is 0 Å². The number of amides is 1. The average Bonchev–Trinajstić information content (AvgIpc) is 3.28. The van der Waals surface area contributed by atoms with E-state index in [1.54, 1.807) is 15.6 Å². The van der Waals surface area contributed by atoms with Gasteiger partial charge in [-0.05, 0) is 53.9 Å². The molecule has 1 amide bonds. The summed E-state index contributed by atoms with van der Waals surface area (Å²) in [7, 11) is 1.41. The Morgan fingerprint density at radius 1 is 1.26 bits per heavy atom. The van der Waals surface area contributed by atoms with Crippen LogP contribution in [0.25, 0.3) is 27.7 Å². The van der Waals surface area contributed by atoms with Gasteiger partial charge in [-0.2, -0.15) is 9.61 Å². The van der Waals surface area contributed by atoms with Crippen molar-refractivity contribution in [1.29, 1.82) is 0 Å². The molecule has 3 N–H and O–H groups in total. The lowest BCUT2D eigenvalue weighted by molar-refractivity contribution is 0.109. The van der Waals surface area contributed by atoms with Crippen molar-refractivity contribution in [3.8, 4) is 11.1 Å². The van der Waals surface area contributed by atoms with Gasteiger partial charge >= 0.3 is 6.09 Å². The van der Waals surface area contributed by atoms with E-state index in [1.165, 1.54) is 12.7 Å². The summed E-state index contributed by atoms with van der Waals surface area (Å²) < 4.78 is 7.19. The molecular weight excluding hydrogens is 498 g/mol. The average molecular weight is 524 g/mol. The van der Waals surface area contributed by atoms with Crippen LogP contribution in [-0.2, 0) is 11.3 Å². The van der Waals surface area contributed by atoms with Crippen molar-refractivity contribution in [1.82, 2.24) is 29.8 Å². The van der Waals surface area contributed by atoms with Crippen molar-refractivity contribution in [2.45, 2.75) is 32.4 Å². The Balaban J connectivity index is 1.41. The lowest BCUT2D eigenvalue weighted by atomic mass is 10.1. The number of fused-ring (bicyclic) bond motifs is 2. The number of likely N-dealkylation sites (tertiary alicyclic amines) is 1. The maximum atomic E-state index is 11.7. The van der Waals surface area contributed by atoms with Crippen LogP contribution in [0.4, 0.5) is 10.6 Å². The van der Waals surface area contributed by atoms with E-state index >= 15 is 0 Å². The van der Waals surface area contributed by atoms with E-state index in [0.717, 1.165) is 45.0 Å². The molecule has 176 valence electrons. The van der Waals surface area contributed by atoms with Gasteiger partial charge in [-0.1, -0.05) is 11.6 Å². The van der Waals surface area contributed by atoms with Gasteiger partial charge in [0, 0.05) is 48.4 Å². The molecule has 9 nitrogen and oxygen atoms in total. The molecule has 0 saturated carbocycles. The van der Waals surface area contributed by atoms with E-state index in [2.05, 4.69) is 56.5 Å². The Bertz CT molecular complexity index is 1380. The van der Waals surface area contributed by atoms with E-state index < -0.39 is 0 Å². The lowest BCUT2D eigenvalue weighted by Gasteiger charge is -2.31. The van der Waals surface area contributed by atoms with E-state index in [-0.39, 0.29) is 12.1 Å². The fourth-order valence-electron chi connectivity index (χ4n) is 4.40. The second-order valence-electron chi connectivity index (χ2n) is 8.58. The Kier molecular flexibility index (Phi) is 6.09. The van der Waals surface area contributed by atoms with Crippen LogP contribution in [0.2, 0.25) is 0 Å². The van der Waals surface area contributed by atoms with Gasteiger partial charge in [0.05, 0.1) is 29.0 Å². The predicted molar refractivity (Wildman–Crippen MR) is 134 cm³/mol. The van der Waals surface area contributed by atoms with Gasteiger partial charge in [0.2, 0.25) is 0 Å². The van der Waals surface area contributed by atoms with Crippen LogP contribution in [0.5, 0.6) is 0 Å². The molecule has 0 spiro atoms. The molecule has 1 aliphatic heterocycles. The molecule has 4 aromatic rings. The third-order valence-electron chi connectivity index (χ3n) is 6.32. The molecule has 5 rings (SSSR count). The van der Waals surface area contributed by atoms with Gasteiger partial charge in [-0.15, -0.1) is 0 Å². The van der Waals surface area contributed by atoms with E-state index in [9.17, 15) is 4.79 Å². The number of carbonyl (C=O) groups is 1. The number of anilines is 1. The highest BCUT2D eigenvalue weighted by molar-refractivity contribution is 9.10. The fraction of sp³-hybridized carbons (Fsp3) is 0.333. The highest BCUT2D eigenvalue weighted by Gasteiger charge is 2.24. The van der Waals surface area contributed by atoms with Crippen molar-refractivity contribution in [3.05, 3.63) is 52.4 Å². The summed E-state index contributed by atoms with van der Waals surface area (Å²) in [6, 6.07) is 8.60. The number of nitrogen functional groups attached to an aromatic ring is 1. The molecule has 3 aromatic heterocycles. The summed E-state index contributed by atoms with van der Waals surface area (Å²) in [5.74, 6) is 0.498. The first kappa shape index (κ1) is 22.5. The van der Waals surface area contributed by atoms with Gasteiger partial charge in [0.25, 0.3) is 0 Å². The van der Waals surface area contributed by atoms with Crippen molar-refractivity contribution < 1.29 is 9.53 Å². The van der Waals surface area contributed by atoms with Crippen LogP contribution in [0.15, 0.2) is 41.1 Å². The first-order chi connectivity index (χ1) is 16.4. The molecule has 0 bridgehead atoms. The number of halogens is 1. The number of aryl methyl sites for hydroxylation is 1. The van der Waals surface area contributed by atoms with Crippen LogP contribution in [0.1, 0.15) is 24.1 Å². The molecule has 0 atom stereocenters. The molecule has 1 aromatic carbocycles.